The molecule has 1 atom stereocenters. The van der Waals surface area contributed by atoms with Crippen molar-refractivity contribution in [1.82, 2.24) is 9.21 Å². The first-order valence-corrected chi connectivity index (χ1v) is 11.5. The molecule has 4 rings (SSSR count). The van der Waals surface area contributed by atoms with E-state index in [0.29, 0.717) is 30.2 Å². The summed E-state index contributed by atoms with van der Waals surface area (Å²) in [6.07, 6.45) is -0.491. The van der Waals surface area contributed by atoms with E-state index in [0.717, 1.165) is 11.3 Å². The number of sulfonamides is 1. The first-order chi connectivity index (χ1) is 15.3. The summed E-state index contributed by atoms with van der Waals surface area (Å²) in [7, 11) is 1.08. The van der Waals surface area contributed by atoms with Gasteiger partial charge in [-0.1, -0.05) is 12.1 Å². The summed E-state index contributed by atoms with van der Waals surface area (Å²) in [4.78, 5) is 15.0. The van der Waals surface area contributed by atoms with Crippen LogP contribution in [0.4, 0.5) is 5.69 Å². The van der Waals surface area contributed by atoms with Crippen molar-refractivity contribution in [1.29, 1.82) is 0 Å². The van der Waals surface area contributed by atoms with E-state index in [4.69, 9.17) is 9.15 Å². The zero-order valence-electron chi connectivity index (χ0n) is 18.1. The Kier molecular flexibility index (Phi) is 6.05. The van der Waals surface area contributed by atoms with Gasteiger partial charge in [-0.2, -0.15) is 0 Å². The third-order valence-electron chi connectivity index (χ3n) is 5.37. The van der Waals surface area contributed by atoms with Gasteiger partial charge in [-0.05, 0) is 48.5 Å². The Bertz CT molecular complexity index is 1220. The maximum Gasteiger partial charge on any atom is 0.258 e. The highest BCUT2D eigenvalue weighted by Gasteiger charge is 2.34. The lowest BCUT2D eigenvalue weighted by atomic mass is 10.1. The van der Waals surface area contributed by atoms with Crippen LogP contribution in [0, 0.1) is 0 Å². The number of nitrogens with one attached hydrogen (secondary N) is 1. The highest BCUT2D eigenvalue weighted by Crippen LogP contribution is 2.35. The number of rotatable bonds is 7. The number of methoxy groups -OCH3 is 1. The molecule has 2 aromatic carbocycles. The van der Waals surface area contributed by atoms with Crippen LogP contribution in [0.25, 0.3) is 11.3 Å². The summed E-state index contributed by atoms with van der Waals surface area (Å²) in [5.41, 5.74) is 2.08. The number of amides is 1. The van der Waals surface area contributed by atoms with Crippen molar-refractivity contribution in [3.05, 3.63) is 72.0 Å². The van der Waals surface area contributed by atoms with Crippen molar-refractivity contribution < 1.29 is 22.4 Å². The van der Waals surface area contributed by atoms with E-state index in [1.54, 1.807) is 42.3 Å². The Balaban J connectivity index is 1.64. The number of furan rings is 1. The molecule has 0 unspecified atom stereocenters. The molecule has 1 aromatic heterocycles. The number of ether oxygens (including phenoxy) is 1. The van der Waals surface area contributed by atoms with Crippen LogP contribution in [0.3, 0.4) is 0 Å². The Hall–Kier alpha value is -3.14. The maximum atomic E-state index is 13.1. The fraction of sp³-hybridized carbons (Fsp3) is 0.261. The van der Waals surface area contributed by atoms with Gasteiger partial charge in [-0.15, -0.1) is 0 Å². The minimum Gasteiger partial charge on any atom is -0.457 e. The van der Waals surface area contributed by atoms with Crippen LogP contribution < -0.4 is 5.32 Å². The molecule has 0 aliphatic carbocycles. The lowest BCUT2D eigenvalue weighted by Gasteiger charge is -2.36. The Morgan fingerprint density at radius 2 is 1.78 bits per heavy atom. The number of para-hydroxylation sites is 1. The van der Waals surface area contributed by atoms with Crippen LogP contribution in [-0.4, -0.2) is 57.9 Å². The number of hydrogen-bond donors (Lipinski definition) is 1. The van der Waals surface area contributed by atoms with E-state index in [9.17, 15) is 13.2 Å². The van der Waals surface area contributed by atoms with Gasteiger partial charge >= 0.3 is 0 Å². The number of fused-ring (bicyclic) bond motifs is 1. The van der Waals surface area contributed by atoms with E-state index < -0.39 is 16.2 Å². The first-order valence-electron chi connectivity index (χ1n) is 10.1. The largest absolute Gasteiger partial charge is 0.457 e. The summed E-state index contributed by atoms with van der Waals surface area (Å²) in [5.74, 6) is 1.05. The highest BCUT2D eigenvalue weighted by molar-refractivity contribution is 7.89. The predicted octanol–water partition coefficient (Wildman–Crippen LogP) is 3.41. The van der Waals surface area contributed by atoms with Crippen LogP contribution in [0.1, 0.15) is 22.3 Å². The monoisotopic (exact) mass is 455 g/mol. The highest BCUT2D eigenvalue weighted by atomic mass is 32.2. The first kappa shape index (κ1) is 22.1. The lowest BCUT2D eigenvalue weighted by molar-refractivity contribution is 0.0587. The van der Waals surface area contributed by atoms with Gasteiger partial charge < -0.3 is 19.4 Å². The van der Waals surface area contributed by atoms with Crippen LogP contribution in [0.5, 0.6) is 0 Å². The van der Waals surface area contributed by atoms with E-state index in [1.165, 1.54) is 18.4 Å². The molecule has 0 spiro atoms. The zero-order chi connectivity index (χ0) is 22.9. The smallest absolute Gasteiger partial charge is 0.258 e. The molecule has 9 heteroatoms. The molecular formula is C23H25N3O5S. The van der Waals surface area contributed by atoms with Gasteiger partial charge in [0.2, 0.25) is 10.0 Å². The van der Waals surface area contributed by atoms with Crippen molar-refractivity contribution in [3.63, 3.8) is 0 Å². The molecule has 0 radical (unpaired) electrons. The van der Waals surface area contributed by atoms with Crippen LogP contribution in [-0.2, 0) is 14.8 Å². The molecule has 0 fully saturated rings. The van der Waals surface area contributed by atoms with Gasteiger partial charge in [0, 0.05) is 39.0 Å². The molecule has 1 amide bonds. The van der Waals surface area contributed by atoms with Gasteiger partial charge in [0.15, 0.2) is 6.17 Å². The number of hydrogen-bond acceptors (Lipinski definition) is 6. The van der Waals surface area contributed by atoms with E-state index in [1.807, 2.05) is 30.3 Å². The summed E-state index contributed by atoms with van der Waals surface area (Å²) < 4.78 is 37.0. The Labute approximate surface area is 187 Å². The fourth-order valence-electron chi connectivity index (χ4n) is 3.59. The summed E-state index contributed by atoms with van der Waals surface area (Å²) in [6, 6.07) is 17.5. The third kappa shape index (κ3) is 4.02. The summed E-state index contributed by atoms with van der Waals surface area (Å²) in [5, 5.41) is 3.38. The van der Waals surface area contributed by atoms with Crippen molar-refractivity contribution in [2.45, 2.75) is 11.1 Å². The molecule has 0 saturated heterocycles. The molecule has 0 saturated carbocycles. The molecular weight excluding hydrogens is 430 g/mol. The molecule has 1 aliphatic heterocycles. The molecule has 1 aliphatic rings. The third-order valence-corrected chi connectivity index (χ3v) is 7.20. The SMILES string of the molecule is COCCN1C(=O)c2ccccc2N[C@@H]1c1ccc(-c2ccc(S(=O)(=O)N(C)C)cc2)o1. The van der Waals surface area contributed by atoms with Crippen molar-refractivity contribution in [2.75, 3.05) is 39.7 Å². The second kappa shape index (κ2) is 8.78. The second-order valence-corrected chi connectivity index (χ2v) is 9.75. The molecule has 32 heavy (non-hydrogen) atoms. The predicted molar refractivity (Wildman–Crippen MR) is 121 cm³/mol. The second-order valence-electron chi connectivity index (χ2n) is 7.60. The Morgan fingerprint density at radius 3 is 2.47 bits per heavy atom. The maximum absolute atomic E-state index is 13.1. The fourth-order valence-corrected chi connectivity index (χ4v) is 4.50. The van der Waals surface area contributed by atoms with Crippen molar-refractivity contribution in [3.8, 4) is 11.3 Å². The molecule has 3 aromatic rings. The quantitative estimate of drug-likeness (QED) is 0.587. The normalized spacial score (nSPS) is 16.2. The molecule has 8 nitrogen and oxygen atoms in total. The van der Waals surface area contributed by atoms with Crippen molar-refractivity contribution >= 4 is 21.6 Å². The standard InChI is InChI=1S/C23H25N3O5S/c1-25(2)32(28,29)17-10-8-16(9-11-17)20-12-13-21(31-20)22-24-19-7-5-4-6-18(19)23(27)26(22)14-15-30-3/h4-13,22,24H,14-15H2,1-3H3/t22-/m0/s1. The average Bonchev–Trinajstić information content (AvgIpc) is 3.28. The molecule has 0 bridgehead atoms. The van der Waals surface area contributed by atoms with Crippen LogP contribution in [0.15, 0.2) is 70.0 Å². The van der Waals surface area contributed by atoms with E-state index >= 15 is 0 Å². The van der Waals surface area contributed by atoms with Crippen LogP contribution >= 0.6 is 0 Å². The Morgan fingerprint density at radius 1 is 1.06 bits per heavy atom. The number of benzene rings is 2. The zero-order valence-corrected chi connectivity index (χ0v) is 18.9. The molecule has 2 heterocycles. The number of nitrogens with zero attached hydrogens (tertiary/aromatic N) is 2. The van der Waals surface area contributed by atoms with Gasteiger partial charge in [0.25, 0.3) is 5.91 Å². The van der Waals surface area contributed by atoms with Crippen molar-refractivity contribution in [2.24, 2.45) is 0 Å². The molecule has 1 N–H and O–H groups in total. The number of carbonyl (C=O) groups is 1. The topological polar surface area (TPSA) is 92.1 Å². The van der Waals surface area contributed by atoms with Gasteiger partial charge in [-0.3, -0.25) is 4.79 Å². The molecule has 168 valence electrons. The van der Waals surface area contributed by atoms with E-state index in [2.05, 4.69) is 5.32 Å². The summed E-state index contributed by atoms with van der Waals surface area (Å²) in [6.45, 7) is 0.788. The van der Waals surface area contributed by atoms with E-state index in [-0.39, 0.29) is 10.8 Å². The summed E-state index contributed by atoms with van der Waals surface area (Å²) >= 11 is 0. The van der Waals surface area contributed by atoms with Gasteiger partial charge in [0.1, 0.15) is 11.5 Å². The van der Waals surface area contributed by atoms with Crippen LogP contribution in [0.2, 0.25) is 0 Å². The lowest BCUT2D eigenvalue weighted by Crippen LogP contribution is -2.44. The average molecular weight is 456 g/mol. The minimum absolute atomic E-state index is 0.0994. The number of carbonyl (C=O) groups excluding carboxylic acids is 1. The van der Waals surface area contributed by atoms with Gasteiger partial charge in [-0.25, -0.2) is 12.7 Å². The minimum atomic E-state index is -3.50. The van der Waals surface area contributed by atoms with Gasteiger partial charge in [0.05, 0.1) is 17.1 Å². The number of anilines is 1.